The summed E-state index contributed by atoms with van der Waals surface area (Å²) in [6.45, 7) is 0.683. The zero-order valence-corrected chi connectivity index (χ0v) is 11.5. The number of hydrogen-bond donors (Lipinski definition) is 1. The molecule has 6 heteroatoms. The number of nitrogens with zero attached hydrogens (tertiary/aromatic N) is 1. The zero-order valence-electron chi connectivity index (χ0n) is 10.6. The Morgan fingerprint density at radius 2 is 2.20 bits per heavy atom. The average molecular weight is 292 g/mol. The van der Waals surface area contributed by atoms with E-state index >= 15 is 0 Å². The highest BCUT2D eigenvalue weighted by atomic mass is 32.2. The molecule has 0 spiro atoms. The zero-order chi connectivity index (χ0) is 13.9. The molecule has 1 atom stereocenters. The summed E-state index contributed by atoms with van der Waals surface area (Å²) in [7, 11) is -1.50. The van der Waals surface area contributed by atoms with Crippen molar-refractivity contribution < 1.29 is 13.3 Å². The second-order valence-corrected chi connectivity index (χ2v) is 5.65. The van der Waals surface area contributed by atoms with Crippen molar-refractivity contribution in [2.75, 3.05) is 11.3 Å². The molecular weight excluding hydrogens is 279 g/mol. The van der Waals surface area contributed by atoms with Crippen LogP contribution in [-0.4, -0.2) is 15.8 Å². The van der Waals surface area contributed by atoms with Crippen molar-refractivity contribution in [2.45, 2.75) is 17.7 Å². The standard InChI is InChI=1S/C14H13FN2O2S/c15-13-4-1-5-14(16-13)17-20(18)11-7-6-10-3-2-8-19-12(10)9-11/h1,4-7,9H,2-3,8H2,(H,16,17). The van der Waals surface area contributed by atoms with Crippen LogP contribution in [0.15, 0.2) is 41.3 Å². The molecule has 20 heavy (non-hydrogen) atoms. The minimum atomic E-state index is -1.50. The number of benzene rings is 1. The minimum absolute atomic E-state index is 0.238. The van der Waals surface area contributed by atoms with E-state index in [4.69, 9.17) is 4.74 Å². The van der Waals surface area contributed by atoms with Gasteiger partial charge in [-0.3, -0.25) is 4.72 Å². The SMILES string of the molecule is O=S(Nc1cccc(F)n1)c1ccc2c(c1)OCCC2. The molecular formula is C14H13FN2O2S. The Morgan fingerprint density at radius 1 is 1.30 bits per heavy atom. The van der Waals surface area contributed by atoms with E-state index in [9.17, 15) is 8.60 Å². The van der Waals surface area contributed by atoms with E-state index in [2.05, 4.69) is 9.71 Å². The van der Waals surface area contributed by atoms with Gasteiger partial charge in [0.25, 0.3) is 0 Å². The number of pyridine rings is 1. The molecule has 0 radical (unpaired) electrons. The number of rotatable bonds is 3. The second-order valence-electron chi connectivity index (χ2n) is 4.44. The van der Waals surface area contributed by atoms with Gasteiger partial charge in [-0.05, 0) is 42.7 Å². The first-order valence-corrected chi connectivity index (χ1v) is 7.44. The summed E-state index contributed by atoms with van der Waals surface area (Å²) in [5, 5.41) is 0. The van der Waals surface area contributed by atoms with Gasteiger partial charge in [0.05, 0.1) is 11.5 Å². The Morgan fingerprint density at radius 3 is 3.05 bits per heavy atom. The number of hydrogen-bond acceptors (Lipinski definition) is 3. The molecule has 1 aromatic carbocycles. The predicted octanol–water partition coefficient (Wildman–Crippen LogP) is 2.68. The van der Waals surface area contributed by atoms with E-state index in [1.807, 2.05) is 6.07 Å². The van der Waals surface area contributed by atoms with Crippen molar-refractivity contribution in [1.29, 1.82) is 0 Å². The van der Waals surface area contributed by atoms with Crippen LogP contribution in [0, 0.1) is 5.95 Å². The number of aromatic nitrogens is 1. The third-order valence-corrected chi connectivity index (χ3v) is 4.09. The molecule has 1 aliphatic rings. The average Bonchev–Trinajstić information content (AvgIpc) is 2.47. The number of anilines is 1. The quantitative estimate of drug-likeness (QED) is 0.885. The summed E-state index contributed by atoms with van der Waals surface area (Å²) in [5.74, 6) is 0.402. The molecule has 3 rings (SSSR count). The summed E-state index contributed by atoms with van der Waals surface area (Å²) < 4.78 is 33.4. The third-order valence-electron chi connectivity index (χ3n) is 3.01. The van der Waals surface area contributed by atoms with Gasteiger partial charge in [0.15, 0.2) is 11.0 Å². The van der Waals surface area contributed by atoms with Crippen LogP contribution < -0.4 is 9.46 Å². The van der Waals surface area contributed by atoms with Crippen molar-refractivity contribution in [3.05, 3.63) is 47.9 Å². The fourth-order valence-corrected chi connectivity index (χ4v) is 2.88. The van der Waals surface area contributed by atoms with Gasteiger partial charge in [-0.25, -0.2) is 9.19 Å². The summed E-state index contributed by atoms with van der Waals surface area (Å²) in [4.78, 5) is 4.20. The Labute approximate surface area is 118 Å². The monoisotopic (exact) mass is 292 g/mol. The molecule has 1 N–H and O–H groups in total. The molecule has 0 saturated heterocycles. The highest BCUT2D eigenvalue weighted by Gasteiger charge is 2.13. The molecule has 2 heterocycles. The first-order valence-electron chi connectivity index (χ1n) is 6.29. The lowest BCUT2D eigenvalue weighted by atomic mass is 10.1. The van der Waals surface area contributed by atoms with E-state index in [1.165, 1.54) is 12.1 Å². The van der Waals surface area contributed by atoms with Crippen molar-refractivity contribution in [3.63, 3.8) is 0 Å². The van der Waals surface area contributed by atoms with Gasteiger partial charge in [-0.1, -0.05) is 12.1 Å². The Balaban J connectivity index is 1.80. The van der Waals surface area contributed by atoms with Crippen LogP contribution >= 0.6 is 0 Å². The Hall–Kier alpha value is -1.95. The molecule has 1 aliphatic heterocycles. The molecule has 1 aromatic heterocycles. The van der Waals surface area contributed by atoms with Crippen LogP contribution in [0.5, 0.6) is 5.75 Å². The predicted molar refractivity (Wildman–Crippen MR) is 74.5 cm³/mol. The molecule has 0 saturated carbocycles. The lowest BCUT2D eigenvalue weighted by molar-refractivity contribution is 0.287. The van der Waals surface area contributed by atoms with Crippen LogP contribution in [0.3, 0.4) is 0 Å². The van der Waals surface area contributed by atoms with Crippen molar-refractivity contribution in [2.24, 2.45) is 0 Å². The molecule has 0 fully saturated rings. The normalized spacial score (nSPS) is 15.1. The van der Waals surface area contributed by atoms with Crippen LogP contribution in [0.25, 0.3) is 0 Å². The number of halogens is 1. The summed E-state index contributed by atoms with van der Waals surface area (Å²) in [5.41, 5.74) is 1.13. The summed E-state index contributed by atoms with van der Waals surface area (Å²) in [6, 6.07) is 9.78. The van der Waals surface area contributed by atoms with Crippen molar-refractivity contribution in [3.8, 4) is 5.75 Å². The molecule has 0 bridgehead atoms. The van der Waals surface area contributed by atoms with E-state index in [0.717, 1.165) is 24.2 Å². The first kappa shape index (κ1) is 13.1. The van der Waals surface area contributed by atoms with E-state index in [1.54, 1.807) is 18.2 Å². The molecule has 1 unspecified atom stereocenters. The Kier molecular flexibility index (Phi) is 3.64. The van der Waals surface area contributed by atoms with Crippen LogP contribution in [-0.2, 0) is 17.4 Å². The highest BCUT2D eigenvalue weighted by molar-refractivity contribution is 7.86. The second kappa shape index (κ2) is 5.58. The summed E-state index contributed by atoms with van der Waals surface area (Å²) >= 11 is 0. The summed E-state index contributed by atoms with van der Waals surface area (Å²) in [6.07, 6.45) is 1.97. The maximum atomic E-state index is 13.0. The van der Waals surface area contributed by atoms with E-state index in [0.29, 0.717) is 11.5 Å². The molecule has 4 nitrogen and oxygen atoms in total. The fraction of sp³-hybridized carbons (Fsp3) is 0.214. The minimum Gasteiger partial charge on any atom is -0.493 e. The van der Waals surface area contributed by atoms with Crippen LogP contribution in [0.1, 0.15) is 12.0 Å². The van der Waals surface area contributed by atoms with Crippen molar-refractivity contribution in [1.82, 2.24) is 4.98 Å². The lowest BCUT2D eigenvalue weighted by Gasteiger charge is -2.17. The molecule has 104 valence electrons. The largest absolute Gasteiger partial charge is 0.493 e. The molecule has 2 aromatic rings. The maximum absolute atomic E-state index is 13.0. The maximum Gasteiger partial charge on any atom is 0.214 e. The van der Waals surface area contributed by atoms with Gasteiger partial charge in [0, 0.05) is 0 Å². The topological polar surface area (TPSA) is 51.2 Å². The van der Waals surface area contributed by atoms with Gasteiger partial charge < -0.3 is 4.74 Å². The third kappa shape index (κ3) is 2.80. The van der Waals surface area contributed by atoms with Crippen molar-refractivity contribution >= 4 is 16.8 Å². The number of fused-ring (bicyclic) bond motifs is 1. The fourth-order valence-electron chi connectivity index (χ4n) is 2.05. The first-order chi connectivity index (χ1) is 9.72. The van der Waals surface area contributed by atoms with Gasteiger partial charge >= 0.3 is 0 Å². The highest BCUT2D eigenvalue weighted by Crippen LogP contribution is 2.27. The van der Waals surface area contributed by atoms with Gasteiger partial charge in [0.2, 0.25) is 5.95 Å². The van der Waals surface area contributed by atoms with Gasteiger partial charge in [-0.2, -0.15) is 4.39 Å². The van der Waals surface area contributed by atoms with Gasteiger partial charge in [-0.15, -0.1) is 0 Å². The number of nitrogens with one attached hydrogen (secondary N) is 1. The smallest absolute Gasteiger partial charge is 0.214 e. The Bertz CT molecular complexity index is 663. The van der Waals surface area contributed by atoms with Crippen LogP contribution in [0.4, 0.5) is 10.2 Å². The van der Waals surface area contributed by atoms with Gasteiger partial charge in [0.1, 0.15) is 11.6 Å². The van der Waals surface area contributed by atoms with E-state index < -0.39 is 16.9 Å². The molecule has 0 amide bonds. The number of aryl methyl sites for hydroxylation is 1. The molecule has 0 aliphatic carbocycles. The van der Waals surface area contributed by atoms with Crippen LogP contribution in [0.2, 0.25) is 0 Å². The number of ether oxygens (including phenoxy) is 1. The van der Waals surface area contributed by atoms with E-state index in [-0.39, 0.29) is 5.82 Å². The lowest BCUT2D eigenvalue weighted by Crippen LogP contribution is -2.11.